The van der Waals surface area contributed by atoms with Crippen molar-refractivity contribution in [1.82, 2.24) is 4.98 Å². The topological polar surface area (TPSA) is 34.1 Å². The van der Waals surface area contributed by atoms with Crippen molar-refractivity contribution in [2.45, 2.75) is 20.1 Å². The lowest BCUT2D eigenvalue weighted by molar-refractivity contribution is 0.133. The Morgan fingerprint density at radius 1 is 1.21 bits per heavy atom. The third-order valence-corrected chi connectivity index (χ3v) is 3.00. The molecule has 0 saturated heterocycles. The fourth-order valence-corrected chi connectivity index (χ4v) is 1.97. The Hall–Kier alpha value is -1.58. The van der Waals surface area contributed by atoms with Gasteiger partial charge in [-0.2, -0.15) is 0 Å². The molecule has 19 heavy (non-hydrogen) atoms. The van der Waals surface area contributed by atoms with Crippen molar-refractivity contribution in [3.8, 4) is 0 Å². The molecule has 3 nitrogen and oxygen atoms in total. The molecule has 1 N–H and O–H groups in total. The molecule has 1 heterocycles. The highest BCUT2D eigenvalue weighted by Crippen LogP contribution is 2.15. The first-order valence-electron chi connectivity index (χ1n) is 6.29. The second-order valence-corrected chi connectivity index (χ2v) is 4.51. The Labute approximate surface area is 118 Å². The van der Waals surface area contributed by atoms with Crippen LogP contribution in [0.4, 0.5) is 5.69 Å². The van der Waals surface area contributed by atoms with Gasteiger partial charge in [-0.15, -0.1) is 0 Å². The molecule has 0 unspecified atom stereocenters. The van der Waals surface area contributed by atoms with Crippen molar-refractivity contribution in [3.63, 3.8) is 0 Å². The van der Waals surface area contributed by atoms with E-state index in [0.29, 0.717) is 11.8 Å². The molecule has 0 radical (unpaired) electrons. The minimum atomic E-state index is 0.493. The fraction of sp³-hybridized carbons (Fsp3) is 0.267. The van der Waals surface area contributed by atoms with Gasteiger partial charge in [-0.25, -0.2) is 4.98 Å². The number of nitrogens with zero attached hydrogens (tertiary/aromatic N) is 1. The van der Waals surface area contributed by atoms with E-state index in [1.54, 1.807) is 6.20 Å². The summed E-state index contributed by atoms with van der Waals surface area (Å²) in [7, 11) is 0. The molecule has 0 amide bonds. The van der Waals surface area contributed by atoms with Gasteiger partial charge in [0.05, 0.1) is 6.61 Å². The smallest absolute Gasteiger partial charge is 0.131 e. The molecule has 4 heteroatoms. The number of benzene rings is 1. The molecule has 2 aromatic rings. The van der Waals surface area contributed by atoms with Gasteiger partial charge in [0.2, 0.25) is 0 Å². The van der Waals surface area contributed by atoms with Crippen molar-refractivity contribution in [2.75, 3.05) is 11.9 Å². The molecule has 1 aromatic heterocycles. The summed E-state index contributed by atoms with van der Waals surface area (Å²) >= 11 is 5.86. The van der Waals surface area contributed by atoms with Gasteiger partial charge in [0.1, 0.15) is 5.15 Å². The van der Waals surface area contributed by atoms with Crippen molar-refractivity contribution in [1.29, 1.82) is 0 Å². The van der Waals surface area contributed by atoms with Crippen LogP contribution < -0.4 is 5.32 Å². The molecule has 0 saturated carbocycles. The van der Waals surface area contributed by atoms with Crippen LogP contribution in [0.25, 0.3) is 0 Å². The van der Waals surface area contributed by atoms with E-state index >= 15 is 0 Å². The van der Waals surface area contributed by atoms with Crippen LogP contribution in [-0.2, 0) is 17.9 Å². The number of nitrogens with one attached hydrogen (secondary N) is 1. The van der Waals surface area contributed by atoms with Crippen molar-refractivity contribution in [2.24, 2.45) is 0 Å². The Bertz CT molecular complexity index is 531. The van der Waals surface area contributed by atoms with E-state index in [0.717, 1.165) is 18.8 Å². The maximum atomic E-state index is 5.86. The molecular weight excluding hydrogens is 260 g/mol. The maximum absolute atomic E-state index is 5.86. The summed E-state index contributed by atoms with van der Waals surface area (Å²) in [5.74, 6) is 0. The Kier molecular flexibility index (Phi) is 5.19. The zero-order valence-electron chi connectivity index (χ0n) is 10.9. The number of rotatable bonds is 6. The first-order valence-corrected chi connectivity index (χ1v) is 6.67. The van der Waals surface area contributed by atoms with Gasteiger partial charge >= 0.3 is 0 Å². The zero-order valence-corrected chi connectivity index (χ0v) is 11.7. The molecule has 0 bridgehead atoms. The SMILES string of the molecule is CCOCc1ccccc1CNc1ccnc(Cl)c1. The number of aromatic nitrogens is 1. The number of ether oxygens (including phenoxy) is 1. The molecule has 1 aromatic carbocycles. The summed E-state index contributed by atoms with van der Waals surface area (Å²) in [6.07, 6.45) is 1.69. The highest BCUT2D eigenvalue weighted by atomic mass is 35.5. The zero-order chi connectivity index (χ0) is 13.5. The Balaban J connectivity index is 2.02. The number of halogens is 1. The van der Waals surface area contributed by atoms with Crippen LogP contribution >= 0.6 is 11.6 Å². The third kappa shape index (κ3) is 4.23. The Morgan fingerprint density at radius 2 is 2.00 bits per heavy atom. The fourth-order valence-electron chi connectivity index (χ4n) is 1.79. The van der Waals surface area contributed by atoms with Crippen LogP contribution in [-0.4, -0.2) is 11.6 Å². The van der Waals surface area contributed by atoms with E-state index < -0.39 is 0 Å². The summed E-state index contributed by atoms with van der Waals surface area (Å²) in [6.45, 7) is 4.11. The monoisotopic (exact) mass is 276 g/mol. The number of anilines is 1. The van der Waals surface area contributed by atoms with Gasteiger partial charge in [-0.05, 0) is 30.2 Å². The molecular formula is C15H17ClN2O. The number of hydrogen-bond acceptors (Lipinski definition) is 3. The summed E-state index contributed by atoms with van der Waals surface area (Å²) in [5.41, 5.74) is 3.40. The molecule has 0 fully saturated rings. The lowest BCUT2D eigenvalue weighted by atomic mass is 10.1. The predicted octanol–water partition coefficient (Wildman–Crippen LogP) is 3.88. The summed E-state index contributed by atoms with van der Waals surface area (Å²) in [4.78, 5) is 3.96. The standard InChI is InChI=1S/C15H17ClN2O/c1-2-19-11-13-6-4-3-5-12(13)10-18-14-7-8-17-15(16)9-14/h3-9H,2,10-11H2,1H3,(H,17,18). The van der Waals surface area contributed by atoms with Gasteiger partial charge in [0.25, 0.3) is 0 Å². The highest BCUT2D eigenvalue weighted by Gasteiger charge is 2.02. The van der Waals surface area contributed by atoms with E-state index in [9.17, 15) is 0 Å². The third-order valence-electron chi connectivity index (χ3n) is 2.79. The van der Waals surface area contributed by atoms with E-state index in [1.807, 2.05) is 31.2 Å². The van der Waals surface area contributed by atoms with Crippen LogP contribution in [0.15, 0.2) is 42.6 Å². The molecule has 0 aliphatic heterocycles. The molecule has 0 spiro atoms. The lowest BCUT2D eigenvalue weighted by Crippen LogP contribution is -2.04. The van der Waals surface area contributed by atoms with Crippen LogP contribution in [0.5, 0.6) is 0 Å². The Morgan fingerprint density at radius 3 is 2.74 bits per heavy atom. The largest absolute Gasteiger partial charge is 0.381 e. The van der Waals surface area contributed by atoms with Gasteiger partial charge < -0.3 is 10.1 Å². The molecule has 0 aliphatic rings. The van der Waals surface area contributed by atoms with E-state index in [2.05, 4.69) is 22.4 Å². The average Bonchev–Trinajstić information content (AvgIpc) is 2.44. The highest BCUT2D eigenvalue weighted by molar-refractivity contribution is 6.29. The first kappa shape index (κ1) is 13.8. The predicted molar refractivity (Wildman–Crippen MR) is 78.3 cm³/mol. The number of pyridine rings is 1. The van der Waals surface area contributed by atoms with E-state index in [1.165, 1.54) is 11.1 Å². The quantitative estimate of drug-likeness (QED) is 0.813. The normalized spacial score (nSPS) is 10.4. The summed E-state index contributed by atoms with van der Waals surface area (Å²) in [5, 5.41) is 3.83. The van der Waals surface area contributed by atoms with Crippen LogP contribution in [0.1, 0.15) is 18.1 Å². The number of hydrogen-bond donors (Lipinski definition) is 1. The first-order chi connectivity index (χ1) is 9.29. The van der Waals surface area contributed by atoms with Crippen molar-refractivity contribution < 1.29 is 4.74 Å². The van der Waals surface area contributed by atoms with Gasteiger partial charge in [-0.3, -0.25) is 0 Å². The van der Waals surface area contributed by atoms with E-state index in [-0.39, 0.29) is 0 Å². The van der Waals surface area contributed by atoms with Gasteiger partial charge in [0.15, 0.2) is 0 Å². The summed E-state index contributed by atoms with van der Waals surface area (Å²) < 4.78 is 5.47. The second-order valence-electron chi connectivity index (χ2n) is 4.13. The minimum absolute atomic E-state index is 0.493. The van der Waals surface area contributed by atoms with E-state index in [4.69, 9.17) is 16.3 Å². The van der Waals surface area contributed by atoms with Crippen molar-refractivity contribution >= 4 is 17.3 Å². The van der Waals surface area contributed by atoms with Crippen LogP contribution in [0, 0.1) is 0 Å². The van der Waals surface area contributed by atoms with Gasteiger partial charge in [-0.1, -0.05) is 35.9 Å². The van der Waals surface area contributed by atoms with Crippen LogP contribution in [0.2, 0.25) is 5.15 Å². The molecule has 2 rings (SSSR count). The van der Waals surface area contributed by atoms with Crippen LogP contribution in [0.3, 0.4) is 0 Å². The average molecular weight is 277 g/mol. The minimum Gasteiger partial charge on any atom is -0.381 e. The summed E-state index contributed by atoms with van der Waals surface area (Å²) in [6, 6.07) is 12.0. The van der Waals surface area contributed by atoms with Crippen molar-refractivity contribution in [3.05, 3.63) is 58.9 Å². The lowest BCUT2D eigenvalue weighted by Gasteiger charge is -2.11. The molecule has 100 valence electrons. The second kappa shape index (κ2) is 7.12. The molecule has 0 aliphatic carbocycles. The molecule has 0 atom stereocenters. The van der Waals surface area contributed by atoms with Gasteiger partial charge in [0, 0.05) is 25.0 Å². The maximum Gasteiger partial charge on any atom is 0.131 e.